The number of ketones is 1. The Morgan fingerprint density at radius 2 is 2.20 bits per heavy atom. The first-order chi connectivity index (χ1) is 4.18. The van der Waals surface area contributed by atoms with Crippen molar-refractivity contribution in [3.63, 3.8) is 0 Å². The maximum Gasteiger partial charge on any atom is -0.197 e. The Morgan fingerprint density at radius 3 is 2.50 bits per heavy atom. The topological polar surface area (TPSA) is 46.5 Å². The first kappa shape index (κ1) is 12.3. The molecule has 0 aromatic carbocycles. The van der Waals surface area contributed by atoms with Crippen molar-refractivity contribution < 1.29 is 9.50 Å². The molecule has 0 unspecified atom stereocenters. The van der Waals surface area contributed by atoms with E-state index in [9.17, 15) is 9.50 Å². The first-order valence-corrected chi connectivity index (χ1v) is 2.66. The Morgan fingerprint density at radius 1 is 1.70 bits per heavy atom. The molecule has 5 heteroatoms. The predicted molar refractivity (Wildman–Crippen MR) is 45.5 cm³/mol. The number of hydrogen-bond acceptors (Lipinski definition) is 3. The fraction of sp³-hybridized carbons (Fsp3) is 0.600. The molecule has 0 heterocycles. The molecule has 0 aromatic rings. The summed E-state index contributed by atoms with van der Waals surface area (Å²) in [5.74, 6) is -0.0342. The third kappa shape index (κ3) is 5.69. The SMILES string of the molecule is CC(=O)[C@H](C)N=CB=O.S. The number of carbonyl (C=O) groups is 1. The van der Waals surface area contributed by atoms with E-state index in [2.05, 4.69) is 4.99 Å². The van der Waals surface area contributed by atoms with Gasteiger partial charge >= 0.3 is 53.4 Å². The van der Waals surface area contributed by atoms with E-state index in [1.165, 1.54) is 6.92 Å². The van der Waals surface area contributed by atoms with Gasteiger partial charge in [-0.3, -0.25) is 0 Å². The van der Waals surface area contributed by atoms with Crippen LogP contribution in [0.2, 0.25) is 0 Å². The molecule has 0 saturated carbocycles. The van der Waals surface area contributed by atoms with E-state index in [1.54, 1.807) is 6.92 Å². The van der Waals surface area contributed by atoms with Gasteiger partial charge in [-0.25, -0.2) is 0 Å². The smallest absolute Gasteiger partial charge is 0.197 e. The van der Waals surface area contributed by atoms with Gasteiger partial charge in [0.1, 0.15) is 0 Å². The van der Waals surface area contributed by atoms with Crippen LogP contribution in [0.25, 0.3) is 0 Å². The van der Waals surface area contributed by atoms with E-state index in [-0.39, 0.29) is 25.3 Å². The molecule has 0 amide bonds. The van der Waals surface area contributed by atoms with Gasteiger partial charge in [0.2, 0.25) is 0 Å². The number of nitrogens with zero attached hydrogens (tertiary/aromatic N) is 1. The van der Waals surface area contributed by atoms with Gasteiger partial charge in [-0.05, 0) is 0 Å². The minimum atomic E-state index is -0.379. The van der Waals surface area contributed by atoms with Gasteiger partial charge in [0.05, 0.1) is 0 Å². The van der Waals surface area contributed by atoms with Crippen molar-refractivity contribution in [1.82, 2.24) is 0 Å². The van der Waals surface area contributed by atoms with E-state index in [0.29, 0.717) is 7.15 Å². The van der Waals surface area contributed by atoms with E-state index in [1.807, 2.05) is 0 Å². The second-order valence-electron chi connectivity index (χ2n) is 1.72. The molecule has 3 nitrogen and oxygen atoms in total. The molecule has 0 radical (unpaired) electrons. The molecule has 0 fully saturated rings. The van der Waals surface area contributed by atoms with Crippen molar-refractivity contribution in [2.45, 2.75) is 19.9 Å². The van der Waals surface area contributed by atoms with Crippen LogP contribution in [0.5, 0.6) is 0 Å². The second-order valence-corrected chi connectivity index (χ2v) is 1.72. The Bertz CT molecular complexity index is 149. The Labute approximate surface area is 67.6 Å². The van der Waals surface area contributed by atoms with Crippen LogP contribution in [0.15, 0.2) is 4.99 Å². The summed E-state index contributed by atoms with van der Waals surface area (Å²) < 4.78 is 9.67. The maximum atomic E-state index is 10.4. The maximum absolute atomic E-state index is 10.4. The fourth-order valence-electron chi connectivity index (χ4n) is 0.269. The molecule has 0 spiro atoms. The van der Waals surface area contributed by atoms with Gasteiger partial charge in [0.15, 0.2) is 0 Å². The number of Topliss-reactive ketones (excluding diaryl/α,β-unsaturated/α-hetero) is 1. The van der Waals surface area contributed by atoms with Crippen molar-refractivity contribution in [2.24, 2.45) is 4.99 Å². The molecule has 0 rings (SSSR count). The molecule has 0 N–H and O–H groups in total. The zero-order valence-electron chi connectivity index (χ0n) is 6.00. The summed E-state index contributed by atoms with van der Waals surface area (Å²) in [5.41, 5.74) is 0. The summed E-state index contributed by atoms with van der Waals surface area (Å²) in [7, 11) is 0.555. The quantitative estimate of drug-likeness (QED) is 0.434. The summed E-state index contributed by atoms with van der Waals surface area (Å²) in [6.07, 6.45) is 1.09. The van der Waals surface area contributed by atoms with Gasteiger partial charge in [0, 0.05) is 0 Å². The Balaban J connectivity index is 0. The monoisotopic (exact) mass is 159 g/mol. The van der Waals surface area contributed by atoms with Crippen LogP contribution in [0.3, 0.4) is 0 Å². The van der Waals surface area contributed by atoms with Gasteiger partial charge in [-0.1, -0.05) is 0 Å². The van der Waals surface area contributed by atoms with Crippen LogP contribution < -0.4 is 0 Å². The normalized spacial score (nSPS) is 11.8. The molecular formula is C5H10BNO2S. The number of rotatable bonds is 3. The summed E-state index contributed by atoms with van der Waals surface area (Å²) in [6.45, 7) is 3.08. The standard InChI is InChI=1S/C5H8BNO2.H2S/c1-4(5(2)8)7-3-6-9;/h3-4H,1-2H3;1H2/t4-;/m0./s1. The number of aliphatic imine (C=N–C) groups is 1. The van der Waals surface area contributed by atoms with E-state index in [0.717, 1.165) is 6.11 Å². The minimum Gasteiger partial charge on any atom is -0.197 e. The molecule has 0 aliphatic carbocycles. The van der Waals surface area contributed by atoms with Crippen molar-refractivity contribution >= 4 is 32.5 Å². The molecule has 10 heavy (non-hydrogen) atoms. The van der Waals surface area contributed by atoms with Gasteiger partial charge in [0.25, 0.3) is 0 Å². The molecule has 0 aliphatic heterocycles. The van der Waals surface area contributed by atoms with Gasteiger partial charge < -0.3 is 0 Å². The Hall–Kier alpha value is -0.445. The van der Waals surface area contributed by atoms with Crippen LogP contribution in [-0.2, 0) is 9.50 Å². The summed E-state index contributed by atoms with van der Waals surface area (Å²) in [5, 5.41) is 0. The second kappa shape index (κ2) is 6.67. The van der Waals surface area contributed by atoms with Gasteiger partial charge in [-0.15, -0.1) is 0 Å². The molecule has 56 valence electrons. The summed E-state index contributed by atoms with van der Waals surface area (Å²) in [4.78, 5) is 14.0. The van der Waals surface area contributed by atoms with Crippen molar-refractivity contribution in [1.29, 1.82) is 0 Å². The third-order valence-corrected chi connectivity index (χ3v) is 0.959. The molecule has 0 saturated heterocycles. The van der Waals surface area contributed by atoms with E-state index >= 15 is 0 Å². The minimum absolute atomic E-state index is 0. The summed E-state index contributed by atoms with van der Waals surface area (Å²) >= 11 is 0. The summed E-state index contributed by atoms with van der Waals surface area (Å²) in [6, 6.07) is -0.379. The van der Waals surface area contributed by atoms with Crippen LogP contribution in [0.1, 0.15) is 13.8 Å². The third-order valence-electron chi connectivity index (χ3n) is 0.959. The van der Waals surface area contributed by atoms with Crippen LogP contribution >= 0.6 is 13.5 Å². The van der Waals surface area contributed by atoms with Crippen molar-refractivity contribution in [2.75, 3.05) is 0 Å². The van der Waals surface area contributed by atoms with E-state index < -0.39 is 0 Å². The largest absolute Gasteiger partial charge is 0.197 e. The van der Waals surface area contributed by atoms with Gasteiger partial charge in [-0.2, -0.15) is 13.5 Å². The molecular weight excluding hydrogens is 149 g/mol. The first-order valence-electron chi connectivity index (χ1n) is 2.66. The fourth-order valence-corrected chi connectivity index (χ4v) is 0.269. The van der Waals surface area contributed by atoms with Crippen LogP contribution in [-0.4, -0.2) is 25.1 Å². The molecule has 0 aromatic heterocycles. The zero-order valence-corrected chi connectivity index (χ0v) is 7.00. The van der Waals surface area contributed by atoms with Crippen molar-refractivity contribution in [3.8, 4) is 0 Å². The predicted octanol–water partition coefficient (Wildman–Crippen LogP) is 0.155. The van der Waals surface area contributed by atoms with Crippen LogP contribution in [0, 0.1) is 0 Å². The average Bonchev–Trinajstić information content (AvgIpc) is 1.82. The molecule has 0 aliphatic rings. The van der Waals surface area contributed by atoms with Crippen molar-refractivity contribution in [3.05, 3.63) is 0 Å². The van der Waals surface area contributed by atoms with E-state index in [4.69, 9.17) is 0 Å². The zero-order chi connectivity index (χ0) is 7.28. The molecule has 1 atom stereocenters. The number of carbonyl (C=O) groups excluding carboxylic acids is 1. The number of hydrogen-bond donors (Lipinski definition) is 0. The van der Waals surface area contributed by atoms with Crippen LogP contribution in [0.4, 0.5) is 0 Å². The average molecular weight is 159 g/mol. The Kier molecular flexibility index (Phi) is 8.17. The molecule has 0 bridgehead atoms.